The van der Waals surface area contributed by atoms with Gasteiger partial charge in [-0.05, 0) is 149 Å². The second-order valence-electron chi connectivity index (χ2n) is 18.3. The first-order valence-electron chi connectivity index (χ1n) is 24.0. The molecule has 8 aromatic rings. The lowest BCUT2D eigenvalue weighted by molar-refractivity contribution is 0.0759. The highest BCUT2D eigenvalue weighted by molar-refractivity contribution is 9.10. The molecule has 8 N–H and O–H groups in total. The molecule has 12 nitrogen and oxygen atoms in total. The monoisotopic (exact) mass is 1050 g/mol. The van der Waals surface area contributed by atoms with E-state index in [0.717, 1.165) is 65.7 Å². The minimum absolute atomic E-state index is 0.0372. The molecular weight excluding hydrogens is 991 g/mol. The Hall–Kier alpha value is -8.30. The molecule has 372 valence electrons. The quantitative estimate of drug-likeness (QED) is 0.0576. The molecule has 0 aromatic heterocycles. The second kappa shape index (κ2) is 23.1. The highest BCUT2D eigenvalue weighted by Crippen LogP contribution is 2.38. The molecule has 2 aliphatic heterocycles. The van der Waals surface area contributed by atoms with Crippen LogP contribution in [0.15, 0.2) is 174 Å². The molecule has 0 spiro atoms. The van der Waals surface area contributed by atoms with E-state index in [4.69, 9.17) is 21.5 Å². The van der Waals surface area contributed by atoms with Crippen molar-refractivity contribution < 1.29 is 29.2 Å². The third kappa shape index (κ3) is 11.8. The number of nitrogens with one attached hydrogen (secondary N) is 2. The van der Waals surface area contributed by atoms with E-state index in [1.807, 2.05) is 102 Å². The highest BCUT2D eigenvalue weighted by atomic mass is 79.9. The zero-order valence-corrected chi connectivity index (χ0v) is 43.1. The number of anilines is 4. The van der Waals surface area contributed by atoms with Gasteiger partial charge in [-0.1, -0.05) is 125 Å². The van der Waals surface area contributed by atoms with Crippen LogP contribution >= 0.6 is 15.9 Å². The molecule has 14 heteroatoms. The molecule has 0 fully saturated rings. The predicted molar refractivity (Wildman–Crippen MR) is 299 cm³/mol. The smallest absolute Gasteiger partial charge is 0.423 e. The van der Waals surface area contributed by atoms with E-state index in [0.29, 0.717) is 65.5 Å². The van der Waals surface area contributed by atoms with Crippen LogP contribution in [-0.4, -0.2) is 50.6 Å². The number of benzene rings is 8. The summed E-state index contributed by atoms with van der Waals surface area (Å²) in [5.41, 5.74) is 28.1. The van der Waals surface area contributed by atoms with Crippen molar-refractivity contribution in [3.8, 4) is 11.1 Å². The van der Waals surface area contributed by atoms with Crippen LogP contribution in [0, 0.1) is 27.7 Å². The average Bonchev–Trinajstić information content (AvgIpc) is 3.89. The molecule has 4 amide bonds. The number of carbonyl (C=O) groups is 4. The third-order valence-electron chi connectivity index (χ3n) is 13.3. The topological polar surface area (TPSA) is 191 Å². The van der Waals surface area contributed by atoms with Gasteiger partial charge in [0.05, 0.1) is 22.7 Å². The van der Waals surface area contributed by atoms with Crippen molar-refractivity contribution in [1.29, 1.82) is 0 Å². The summed E-state index contributed by atoms with van der Waals surface area (Å²) in [6.07, 6.45) is 0. The Morgan fingerprint density at radius 1 is 0.554 bits per heavy atom. The molecule has 0 bridgehead atoms. The van der Waals surface area contributed by atoms with Crippen LogP contribution in [0.1, 0.15) is 85.9 Å². The Bertz CT molecular complexity index is 3370. The molecule has 2 aliphatic rings. The van der Waals surface area contributed by atoms with Crippen LogP contribution < -0.4 is 27.6 Å². The molecule has 0 aliphatic carbocycles. The largest absolute Gasteiger partial charge is 0.488 e. The Labute approximate surface area is 440 Å². The van der Waals surface area contributed by atoms with E-state index in [9.17, 15) is 19.2 Å². The molecule has 0 saturated heterocycles. The number of fused-ring (bicyclic) bond motifs is 2. The molecule has 0 unspecified atom stereocenters. The molecule has 2 heterocycles. The number of aryl methyl sites for hydroxylation is 2. The first kappa shape index (κ1) is 52.0. The number of nitrogens with two attached hydrogens (primary N) is 2. The predicted octanol–water partition coefficient (Wildman–Crippen LogP) is 10.4. The molecule has 74 heavy (non-hydrogen) atoms. The van der Waals surface area contributed by atoms with Crippen molar-refractivity contribution in [1.82, 2.24) is 9.80 Å². The van der Waals surface area contributed by atoms with Gasteiger partial charge < -0.3 is 41.9 Å². The number of rotatable bonds is 10. The fourth-order valence-electron chi connectivity index (χ4n) is 8.92. The van der Waals surface area contributed by atoms with Crippen molar-refractivity contribution >= 4 is 74.9 Å². The standard InChI is InChI=1S/C30H27N3O2.C24H22BrN3O2.C6H7BO2/c1-19-16-24-25(28(20(19)2)22-8-4-3-5-9-22)18-33(30(24)35)17-21-12-14-23(15-13-21)29(34)32-27-11-7-6-10-26(27)31;1-14-11-18-19(22(25)15(14)2)13-28(24(18)30)12-16-7-9-17(10-8-16)23(29)27-21-6-4-3-5-20(21)26;8-7(9)6-4-2-1-3-5-6/h3-16H,17-18,31H2,1-2H3,(H,32,34);3-11H,12-13,26H2,1-2H3,(H,27,29);1-5,8-9H. The Morgan fingerprint density at radius 2 is 0.959 bits per heavy atom. The summed E-state index contributed by atoms with van der Waals surface area (Å²) in [5, 5.41) is 22.8. The maximum Gasteiger partial charge on any atom is 0.488 e. The van der Waals surface area contributed by atoms with Crippen LogP contribution in [0.2, 0.25) is 0 Å². The number of hydrogen-bond acceptors (Lipinski definition) is 8. The molecule has 10 rings (SSSR count). The fourth-order valence-corrected chi connectivity index (χ4v) is 9.57. The van der Waals surface area contributed by atoms with Gasteiger partial charge in [-0.15, -0.1) is 0 Å². The first-order chi connectivity index (χ1) is 35.6. The van der Waals surface area contributed by atoms with E-state index < -0.39 is 7.12 Å². The Balaban J connectivity index is 0.000000170. The average molecular weight is 1050 g/mol. The van der Waals surface area contributed by atoms with Crippen LogP contribution in [0.3, 0.4) is 0 Å². The van der Waals surface area contributed by atoms with Gasteiger partial charge in [-0.2, -0.15) is 0 Å². The number of carbonyl (C=O) groups excluding carboxylic acids is 4. The number of para-hydroxylation sites is 4. The van der Waals surface area contributed by atoms with Gasteiger partial charge in [0, 0.05) is 52.9 Å². The van der Waals surface area contributed by atoms with Crippen LogP contribution in [0.25, 0.3) is 11.1 Å². The van der Waals surface area contributed by atoms with Crippen LogP contribution in [0.4, 0.5) is 22.7 Å². The summed E-state index contributed by atoms with van der Waals surface area (Å²) in [7, 11) is -1.34. The maximum absolute atomic E-state index is 13.3. The Kier molecular flexibility index (Phi) is 16.2. The van der Waals surface area contributed by atoms with E-state index in [1.165, 1.54) is 5.56 Å². The summed E-state index contributed by atoms with van der Waals surface area (Å²) in [4.78, 5) is 55.0. The summed E-state index contributed by atoms with van der Waals surface area (Å²) in [5.74, 6) is -0.367. The summed E-state index contributed by atoms with van der Waals surface area (Å²) in [6.45, 7) is 10.4. The maximum atomic E-state index is 13.3. The number of halogens is 1. The van der Waals surface area contributed by atoms with Gasteiger partial charge >= 0.3 is 7.12 Å². The summed E-state index contributed by atoms with van der Waals surface area (Å²) >= 11 is 3.65. The lowest BCUT2D eigenvalue weighted by atomic mass is 9.81. The van der Waals surface area contributed by atoms with Gasteiger partial charge in [0.15, 0.2) is 0 Å². The molecule has 8 aromatic carbocycles. The summed E-state index contributed by atoms with van der Waals surface area (Å²) in [6, 6.07) is 51.9. The van der Waals surface area contributed by atoms with Gasteiger partial charge in [-0.3, -0.25) is 19.2 Å². The van der Waals surface area contributed by atoms with Gasteiger partial charge in [0.2, 0.25) is 0 Å². The van der Waals surface area contributed by atoms with Crippen molar-refractivity contribution in [2.24, 2.45) is 0 Å². The fraction of sp³-hybridized carbons (Fsp3) is 0.133. The molecule has 0 saturated carbocycles. The van der Waals surface area contributed by atoms with E-state index in [1.54, 1.807) is 72.8 Å². The number of nitrogens with zero attached hydrogens (tertiary/aromatic N) is 2. The second-order valence-corrected chi connectivity index (χ2v) is 19.1. The lowest BCUT2D eigenvalue weighted by Gasteiger charge is -2.17. The van der Waals surface area contributed by atoms with Crippen molar-refractivity contribution in [3.05, 3.63) is 241 Å². The summed E-state index contributed by atoms with van der Waals surface area (Å²) < 4.78 is 1.01. The number of nitrogen functional groups attached to an aromatic ring is 2. The van der Waals surface area contributed by atoms with Gasteiger partial charge in [0.1, 0.15) is 0 Å². The Morgan fingerprint density at radius 3 is 1.41 bits per heavy atom. The van der Waals surface area contributed by atoms with Crippen molar-refractivity contribution in [2.75, 3.05) is 22.1 Å². The molecule has 0 radical (unpaired) electrons. The highest BCUT2D eigenvalue weighted by Gasteiger charge is 2.32. The first-order valence-corrected chi connectivity index (χ1v) is 24.8. The van der Waals surface area contributed by atoms with Gasteiger partial charge in [-0.25, -0.2) is 0 Å². The normalized spacial score (nSPS) is 12.2. The minimum Gasteiger partial charge on any atom is -0.423 e. The van der Waals surface area contributed by atoms with Gasteiger partial charge in [0.25, 0.3) is 23.6 Å². The zero-order chi connectivity index (χ0) is 52.6. The zero-order valence-electron chi connectivity index (χ0n) is 41.5. The van der Waals surface area contributed by atoms with E-state index in [-0.39, 0.29) is 23.6 Å². The van der Waals surface area contributed by atoms with E-state index in [2.05, 4.69) is 59.5 Å². The van der Waals surface area contributed by atoms with E-state index >= 15 is 0 Å². The third-order valence-corrected chi connectivity index (χ3v) is 14.4. The number of amides is 4. The number of hydrogen-bond donors (Lipinski definition) is 6. The van der Waals surface area contributed by atoms with Crippen molar-refractivity contribution in [2.45, 2.75) is 53.9 Å². The van der Waals surface area contributed by atoms with Crippen LogP contribution in [0.5, 0.6) is 0 Å². The lowest BCUT2D eigenvalue weighted by Crippen LogP contribution is -2.29. The molecular formula is C60H56BBrN6O6. The molecule has 0 atom stereocenters. The van der Waals surface area contributed by atoms with Crippen molar-refractivity contribution in [3.63, 3.8) is 0 Å². The van der Waals surface area contributed by atoms with Crippen LogP contribution in [-0.2, 0) is 26.2 Å². The SMILES string of the molecule is Cc1cc2c(c(-c3ccccc3)c1C)CN(Cc1ccc(C(=O)Nc3ccccc3N)cc1)C2=O.Cc1cc2c(c(Br)c1C)CN(Cc1ccc(C(=O)Nc3ccccc3N)cc1)C2=O.OB(O)c1ccccc1. The minimum atomic E-state index is -1.34.